The lowest BCUT2D eigenvalue weighted by Gasteiger charge is -2.30. The number of amides is 1. The number of hydrogen-bond acceptors (Lipinski definition) is 5. The molecule has 21 heavy (non-hydrogen) atoms. The molecule has 1 N–H and O–H groups in total. The molecule has 0 spiro atoms. The Morgan fingerprint density at radius 1 is 1.29 bits per heavy atom. The zero-order valence-corrected chi connectivity index (χ0v) is 12.8. The maximum Gasteiger partial charge on any atom is 0.223 e. The molecule has 0 radical (unpaired) electrons. The average Bonchev–Trinajstić information content (AvgIpc) is 3.19. The summed E-state index contributed by atoms with van der Waals surface area (Å²) < 4.78 is 1.96. The van der Waals surface area contributed by atoms with E-state index in [-0.39, 0.29) is 11.8 Å². The summed E-state index contributed by atoms with van der Waals surface area (Å²) >= 11 is 1.58. The fraction of sp³-hybridized carbons (Fsp3) is 0.500. The first-order valence-electron chi connectivity index (χ1n) is 7.27. The fourth-order valence-electron chi connectivity index (χ4n) is 2.55. The molecular weight excluding hydrogens is 286 g/mol. The molecule has 0 atom stereocenters. The molecule has 0 saturated carbocycles. The molecule has 6 nitrogen and oxygen atoms in total. The van der Waals surface area contributed by atoms with E-state index in [0.29, 0.717) is 6.54 Å². The lowest BCUT2D eigenvalue weighted by Crippen LogP contribution is -2.40. The van der Waals surface area contributed by atoms with Crippen LogP contribution in [-0.4, -0.2) is 40.3 Å². The number of nitrogens with zero attached hydrogens (tertiary/aromatic N) is 4. The SMILES string of the molecule is CCNC(=O)C1CCN(c2nnc(-n3cccc3)s2)CC1. The summed E-state index contributed by atoms with van der Waals surface area (Å²) in [6.45, 7) is 4.39. The predicted octanol–water partition coefficient (Wildman–Crippen LogP) is 1.68. The minimum atomic E-state index is 0.137. The first-order valence-corrected chi connectivity index (χ1v) is 8.09. The van der Waals surface area contributed by atoms with Crippen LogP contribution in [0.2, 0.25) is 0 Å². The molecule has 112 valence electrons. The Hall–Kier alpha value is -1.89. The highest BCUT2D eigenvalue weighted by Gasteiger charge is 2.26. The Bertz CT molecular complexity index is 586. The van der Waals surface area contributed by atoms with Gasteiger partial charge in [0.2, 0.25) is 16.2 Å². The maximum absolute atomic E-state index is 11.8. The lowest BCUT2D eigenvalue weighted by atomic mass is 9.96. The third-order valence-corrected chi connectivity index (χ3v) is 4.71. The van der Waals surface area contributed by atoms with Gasteiger partial charge in [-0.05, 0) is 31.9 Å². The molecule has 1 fully saturated rings. The van der Waals surface area contributed by atoms with Gasteiger partial charge in [0.15, 0.2) is 0 Å². The number of rotatable bonds is 4. The van der Waals surface area contributed by atoms with E-state index in [1.165, 1.54) is 0 Å². The van der Waals surface area contributed by atoms with Crippen molar-refractivity contribution in [2.75, 3.05) is 24.5 Å². The van der Waals surface area contributed by atoms with E-state index < -0.39 is 0 Å². The van der Waals surface area contributed by atoms with Crippen molar-refractivity contribution in [3.8, 4) is 5.13 Å². The second-order valence-corrected chi connectivity index (χ2v) is 6.05. The molecule has 1 aliphatic heterocycles. The zero-order valence-electron chi connectivity index (χ0n) is 12.0. The van der Waals surface area contributed by atoms with Gasteiger partial charge in [0.1, 0.15) is 0 Å². The smallest absolute Gasteiger partial charge is 0.223 e. The van der Waals surface area contributed by atoms with E-state index in [9.17, 15) is 4.79 Å². The highest BCUT2D eigenvalue weighted by molar-refractivity contribution is 7.17. The molecule has 3 rings (SSSR count). The molecule has 1 aliphatic rings. The Kier molecular flexibility index (Phi) is 4.19. The van der Waals surface area contributed by atoms with Crippen LogP contribution < -0.4 is 10.2 Å². The summed E-state index contributed by atoms with van der Waals surface area (Å²) in [7, 11) is 0. The van der Waals surface area contributed by atoms with Crippen LogP contribution in [0.5, 0.6) is 0 Å². The van der Waals surface area contributed by atoms with Crippen molar-refractivity contribution < 1.29 is 4.79 Å². The van der Waals surface area contributed by atoms with Crippen molar-refractivity contribution in [1.82, 2.24) is 20.1 Å². The Morgan fingerprint density at radius 3 is 2.62 bits per heavy atom. The van der Waals surface area contributed by atoms with Crippen LogP contribution in [0, 0.1) is 5.92 Å². The van der Waals surface area contributed by atoms with E-state index in [1.54, 1.807) is 11.3 Å². The van der Waals surface area contributed by atoms with Crippen molar-refractivity contribution in [1.29, 1.82) is 0 Å². The molecule has 1 amide bonds. The van der Waals surface area contributed by atoms with Crippen LogP contribution in [0.4, 0.5) is 5.13 Å². The van der Waals surface area contributed by atoms with Gasteiger partial charge in [0.25, 0.3) is 0 Å². The second-order valence-electron chi connectivity index (χ2n) is 5.11. The van der Waals surface area contributed by atoms with Crippen LogP contribution in [0.1, 0.15) is 19.8 Å². The largest absolute Gasteiger partial charge is 0.356 e. The molecule has 1 saturated heterocycles. The summed E-state index contributed by atoms with van der Waals surface area (Å²) in [5.41, 5.74) is 0. The van der Waals surface area contributed by atoms with Gasteiger partial charge >= 0.3 is 0 Å². The van der Waals surface area contributed by atoms with Crippen molar-refractivity contribution in [2.45, 2.75) is 19.8 Å². The number of anilines is 1. The lowest BCUT2D eigenvalue weighted by molar-refractivity contribution is -0.125. The topological polar surface area (TPSA) is 63.1 Å². The van der Waals surface area contributed by atoms with Crippen molar-refractivity contribution in [2.24, 2.45) is 5.92 Å². The maximum atomic E-state index is 11.8. The van der Waals surface area contributed by atoms with Gasteiger partial charge in [-0.2, -0.15) is 0 Å². The minimum absolute atomic E-state index is 0.137. The highest BCUT2D eigenvalue weighted by atomic mass is 32.1. The molecular formula is C14H19N5OS. The molecule has 0 bridgehead atoms. The van der Waals surface area contributed by atoms with Crippen LogP contribution in [0.25, 0.3) is 5.13 Å². The molecule has 0 aliphatic carbocycles. The monoisotopic (exact) mass is 305 g/mol. The summed E-state index contributed by atoms with van der Waals surface area (Å²) in [6, 6.07) is 3.94. The third-order valence-electron chi connectivity index (χ3n) is 3.72. The zero-order chi connectivity index (χ0) is 14.7. The normalized spacial score (nSPS) is 16.1. The van der Waals surface area contributed by atoms with E-state index in [4.69, 9.17) is 0 Å². The summed E-state index contributed by atoms with van der Waals surface area (Å²) in [6.07, 6.45) is 5.69. The summed E-state index contributed by atoms with van der Waals surface area (Å²) in [5, 5.41) is 13.2. The summed E-state index contributed by atoms with van der Waals surface area (Å²) in [4.78, 5) is 14.1. The second kappa shape index (κ2) is 6.26. The number of carbonyl (C=O) groups excluding carboxylic acids is 1. The molecule has 0 unspecified atom stereocenters. The fourth-order valence-corrected chi connectivity index (χ4v) is 3.42. The van der Waals surface area contributed by atoms with Gasteiger partial charge in [0, 0.05) is 37.9 Å². The molecule has 2 aromatic rings. The minimum Gasteiger partial charge on any atom is -0.356 e. The molecule has 7 heteroatoms. The Balaban J connectivity index is 1.61. The van der Waals surface area contributed by atoms with Crippen LogP contribution in [0.15, 0.2) is 24.5 Å². The van der Waals surface area contributed by atoms with Crippen molar-refractivity contribution in [3.63, 3.8) is 0 Å². The number of aromatic nitrogens is 3. The molecule has 0 aromatic carbocycles. The van der Waals surface area contributed by atoms with Gasteiger partial charge in [0.05, 0.1) is 0 Å². The van der Waals surface area contributed by atoms with Crippen LogP contribution in [-0.2, 0) is 4.79 Å². The number of carbonyl (C=O) groups is 1. The van der Waals surface area contributed by atoms with Gasteiger partial charge in [-0.25, -0.2) is 0 Å². The number of piperidine rings is 1. The van der Waals surface area contributed by atoms with Gasteiger partial charge < -0.3 is 10.2 Å². The third kappa shape index (κ3) is 3.07. The van der Waals surface area contributed by atoms with Crippen molar-refractivity contribution in [3.05, 3.63) is 24.5 Å². The Labute approximate surface area is 127 Å². The van der Waals surface area contributed by atoms with Gasteiger partial charge in [-0.15, -0.1) is 10.2 Å². The van der Waals surface area contributed by atoms with Crippen LogP contribution in [0.3, 0.4) is 0 Å². The average molecular weight is 305 g/mol. The van der Waals surface area contributed by atoms with Gasteiger partial charge in [-0.3, -0.25) is 9.36 Å². The Morgan fingerprint density at radius 2 is 1.95 bits per heavy atom. The van der Waals surface area contributed by atoms with Gasteiger partial charge in [-0.1, -0.05) is 11.3 Å². The van der Waals surface area contributed by atoms with E-state index >= 15 is 0 Å². The van der Waals surface area contributed by atoms with E-state index in [0.717, 1.165) is 36.2 Å². The predicted molar refractivity (Wildman–Crippen MR) is 82.9 cm³/mol. The first-order chi connectivity index (χ1) is 10.3. The molecule has 2 aromatic heterocycles. The first kappa shape index (κ1) is 14.1. The van der Waals surface area contributed by atoms with E-state index in [1.807, 2.05) is 36.0 Å². The van der Waals surface area contributed by atoms with E-state index in [2.05, 4.69) is 20.4 Å². The molecule has 3 heterocycles. The highest BCUT2D eigenvalue weighted by Crippen LogP contribution is 2.27. The number of nitrogens with one attached hydrogen (secondary N) is 1. The standard InChI is InChI=1S/C14H19N5OS/c1-2-15-12(20)11-5-9-19(10-6-11)14-17-16-13(21-14)18-7-3-4-8-18/h3-4,7-8,11H,2,5-6,9-10H2,1H3,(H,15,20). The van der Waals surface area contributed by atoms with Crippen molar-refractivity contribution >= 4 is 22.4 Å². The summed E-state index contributed by atoms with van der Waals surface area (Å²) in [5.74, 6) is 0.320. The number of hydrogen-bond donors (Lipinski definition) is 1. The quantitative estimate of drug-likeness (QED) is 0.933. The van der Waals surface area contributed by atoms with Crippen LogP contribution >= 0.6 is 11.3 Å².